The third kappa shape index (κ3) is 2.30. The van der Waals surface area contributed by atoms with Crippen LogP contribution in [0.2, 0.25) is 0 Å². The quantitative estimate of drug-likeness (QED) is 0.944. The van der Waals surface area contributed by atoms with Crippen LogP contribution in [0, 0.1) is 11.6 Å². The van der Waals surface area contributed by atoms with Gasteiger partial charge in [-0.05, 0) is 35.1 Å². The van der Waals surface area contributed by atoms with Crippen LogP contribution in [0.5, 0.6) is 0 Å². The second-order valence-corrected chi connectivity index (χ2v) is 4.63. The minimum Gasteiger partial charge on any atom is -0.324 e. The third-order valence-electron chi connectivity index (χ3n) is 2.64. The van der Waals surface area contributed by atoms with Gasteiger partial charge in [0.25, 0.3) is 0 Å². The average Bonchev–Trinajstić information content (AvgIpc) is 2.58. The lowest BCUT2D eigenvalue weighted by molar-refractivity contribution is 0.585. The summed E-state index contributed by atoms with van der Waals surface area (Å²) in [5, 5.41) is 2.98. The second-order valence-electron chi connectivity index (χ2n) is 3.88. The molecule has 96 valence electrons. The Kier molecular flexibility index (Phi) is 3.77. The van der Waals surface area contributed by atoms with E-state index in [2.05, 4.69) is 26.2 Å². The predicted molar refractivity (Wildman–Crippen MR) is 69.0 cm³/mol. The van der Waals surface area contributed by atoms with Crippen LogP contribution >= 0.6 is 15.9 Å². The molecule has 0 spiro atoms. The van der Waals surface area contributed by atoms with E-state index >= 15 is 0 Å². The van der Waals surface area contributed by atoms with E-state index in [-0.39, 0.29) is 5.56 Å². The molecule has 0 fully saturated rings. The lowest BCUT2D eigenvalue weighted by Gasteiger charge is -2.01. The summed E-state index contributed by atoms with van der Waals surface area (Å²) in [6, 6.07) is 3.46. The Bertz CT molecular complexity index is 581. The summed E-state index contributed by atoms with van der Waals surface area (Å²) in [5.41, 5.74) is 0.751. The van der Waals surface area contributed by atoms with Gasteiger partial charge in [-0.1, -0.05) is 0 Å². The van der Waals surface area contributed by atoms with Crippen LogP contribution in [-0.2, 0) is 13.6 Å². The zero-order valence-electron chi connectivity index (χ0n) is 9.97. The molecule has 0 atom stereocenters. The van der Waals surface area contributed by atoms with Gasteiger partial charge in [-0.15, -0.1) is 0 Å². The minimum absolute atomic E-state index is 0.279. The minimum atomic E-state index is -0.621. The van der Waals surface area contributed by atoms with Crippen molar-refractivity contribution < 1.29 is 8.78 Å². The zero-order valence-corrected chi connectivity index (χ0v) is 11.6. The summed E-state index contributed by atoms with van der Waals surface area (Å²) in [4.78, 5) is 4.35. The third-order valence-corrected chi connectivity index (χ3v) is 3.55. The Morgan fingerprint density at radius 3 is 2.72 bits per heavy atom. The molecule has 0 aliphatic heterocycles. The highest BCUT2D eigenvalue weighted by atomic mass is 79.9. The van der Waals surface area contributed by atoms with E-state index in [0.29, 0.717) is 16.8 Å². The Morgan fingerprint density at radius 2 is 2.11 bits per heavy atom. The Hall–Kier alpha value is -1.27. The smallest absolute Gasteiger partial charge is 0.135 e. The molecule has 0 radical (unpaired) electrons. The number of nitrogens with zero attached hydrogens (tertiary/aromatic N) is 2. The van der Waals surface area contributed by atoms with Crippen LogP contribution in [0.4, 0.5) is 8.78 Å². The van der Waals surface area contributed by atoms with E-state index in [1.807, 2.05) is 11.6 Å². The molecule has 1 heterocycles. The first-order valence-electron chi connectivity index (χ1n) is 5.35. The number of rotatable bonds is 3. The molecule has 0 bridgehead atoms. The van der Waals surface area contributed by atoms with Crippen LogP contribution in [0.3, 0.4) is 0 Å². The highest BCUT2D eigenvalue weighted by Gasteiger charge is 2.17. The maximum atomic E-state index is 13.7. The van der Waals surface area contributed by atoms with Crippen LogP contribution < -0.4 is 5.32 Å². The molecular formula is C12H12BrF2N3. The van der Waals surface area contributed by atoms with Crippen molar-refractivity contribution >= 4 is 15.9 Å². The van der Waals surface area contributed by atoms with Crippen molar-refractivity contribution in [3.8, 4) is 11.3 Å². The Labute approximate surface area is 112 Å². The Morgan fingerprint density at radius 1 is 1.39 bits per heavy atom. The van der Waals surface area contributed by atoms with Gasteiger partial charge in [0, 0.05) is 18.7 Å². The van der Waals surface area contributed by atoms with Crippen molar-refractivity contribution in [2.45, 2.75) is 6.54 Å². The number of halogens is 3. The SMILES string of the molecule is CNCc1nc(-c2ccc(F)cc2F)c(Br)n1C. The molecule has 0 saturated carbocycles. The molecule has 0 unspecified atom stereocenters. The first-order chi connectivity index (χ1) is 8.54. The summed E-state index contributed by atoms with van der Waals surface area (Å²) in [6.45, 7) is 0.567. The molecule has 1 aromatic heterocycles. The van der Waals surface area contributed by atoms with Gasteiger partial charge in [-0.25, -0.2) is 13.8 Å². The number of hydrogen-bond acceptors (Lipinski definition) is 2. The highest BCUT2D eigenvalue weighted by Crippen LogP contribution is 2.30. The Balaban J connectivity index is 2.53. The van der Waals surface area contributed by atoms with Gasteiger partial charge in [0.15, 0.2) is 0 Å². The van der Waals surface area contributed by atoms with E-state index in [1.165, 1.54) is 12.1 Å². The van der Waals surface area contributed by atoms with E-state index < -0.39 is 11.6 Å². The van der Waals surface area contributed by atoms with Gasteiger partial charge in [0.05, 0.1) is 6.54 Å². The fourth-order valence-electron chi connectivity index (χ4n) is 1.69. The van der Waals surface area contributed by atoms with Gasteiger partial charge < -0.3 is 9.88 Å². The first kappa shape index (κ1) is 13.2. The van der Waals surface area contributed by atoms with Crippen LogP contribution in [0.25, 0.3) is 11.3 Å². The molecule has 0 aliphatic rings. The molecular weight excluding hydrogens is 304 g/mol. The highest BCUT2D eigenvalue weighted by molar-refractivity contribution is 9.10. The molecule has 6 heteroatoms. The summed E-state index contributed by atoms with van der Waals surface area (Å²) in [5.74, 6) is -0.452. The van der Waals surface area contributed by atoms with Crippen LogP contribution in [0.1, 0.15) is 5.82 Å². The van der Waals surface area contributed by atoms with Crippen molar-refractivity contribution in [1.29, 1.82) is 0 Å². The number of hydrogen-bond donors (Lipinski definition) is 1. The van der Waals surface area contributed by atoms with Crippen molar-refractivity contribution in [2.24, 2.45) is 7.05 Å². The molecule has 3 nitrogen and oxygen atoms in total. The summed E-state index contributed by atoms with van der Waals surface area (Å²) < 4.78 is 29.1. The number of nitrogens with one attached hydrogen (secondary N) is 1. The summed E-state index contributed by atoms with van der Waals surface area (Å²) in [7, 11) is 3.63. The normalized spacial score (nSPS) is 10.9. The van der Waals surface area contributed by atoms with E-state index in [1.54, 1.807) is 7.05 Å². The van der Waals surface area contributed by atoms with Crippen LogP contribution in [-0.4, -0.2) is 16.6 Å². The zero-order chi connectivity index (χ0) is 13.3. The average molecular weight is 316 g/mol. The number of aromatic nitrogens is 2. The second kappa shape index (κ2) is 5.16. The molecule has 0 aliphatic carbocycles. The van der Waals surface area contributed by atoms with Crippen molar-refractivity contribution in [1.82, 2.24) is 14.9 Å². The van der Waals surface area contributed by atoms with Gasteiger partial charge in [0.1, 0.15) is 27.8 Å². The molecule has 18 heavy (non-hydrogen) atoms. The summed E-state index contributed by atoms with van der Waals surface area (Å²) >= 11 is 3.37. The maximum absolute atomic E-state index is 13.7. The first-order valence-corrected chi connectivity index (χ1v) is 6.15. The molecule has 1 N–H and O–H groups in total. The summed E-state index contributed by atoms with van der Waals surface area (Å²) in [6.07, 6.45) is 0. The van der Waals surface area contributed by atoms with Gasteiger partial charge in [-0.3, -0.25) is 0 Å². The number of benzene rings is 1. The lowest BCUT2D eigenvalue weighted by atomic mass is 10.1. The van der Waals surface area contributed by atoms with Gasteiger partial charge in [-0.2, -0.15) is 0 Å². The largest absolute Gasteiger partial charge is 0.324 e. The fourth-order valence-corrected chi connectivity index (χ4v) is 2.20. The van der Waals surface area contributed by atoms with E-state index in [0.717, 1.165) is 11.9 Å². The maximum Gasteiger partial charge on any atom is 0.135 e. The fraction of sp³-hybridized carbons (Fsp3) is 0.250. The molecule has 0 saturated heterocycles. The lowest BCUT2D eigenvalue weighted by Crippen LogP contribution is -2.10. The van der Waals surface area contributed by atoms with E-state index in [4.69, 9.17) is 0 Å². The van der Waals surface area contributed by atoms with E-state index in [9.17, 15) is 8.78 Å². The van der Waals surface area contributed by atoms with Crippen molar-refractivity contribution in [2.75, 3.05) is 7.05 Å². The number of imidazole rings is 1. The topological polar surface area (TPSA) is 29.9 Å². The predicted octanol–water partition coefficient (Wildman–Crippen LogP) is 2.85. The monoisotopic (exact) mass is 315 g/mol. The standard InChI is InChI=1S/C12H12BrF2N3/c1-16-6-10-17-11(12(13)18(10)2)8-4-3-7(14)5-9(8)15/h3-5,16H,6H2,1-2H3. The molecule has 2 rings (SSSR count). The van der Waals surface area contributed by atoms with Gasteiger partial charge >= 0.3 is 0 Å². The molecule has 0 amide bonds. The molecule has 1 aromatic carbocycles. The van der Waals surface area contributed by atoms with Crippen molar-refractivity contribution in [3.05, 3.63) is 40.3 Å². The van der Waals surface area contributed by atoms with Crippen molar-refractivity contribution in [3.63, 3.8) is 0 Å². The molecule has 2 aromatic rings. The van der Waals surface area contributed by atoms with Gasteiger partial charge in [0.2, 0.25) is 0 Å². The van der Waals surface area contributed by atoms with Crippen LogP contribution in [0.15, 0.2) is 22.8 Å².